The van der Waals surface area contributed by atoms with Gasteiger partial charge in [0.25, 0.3) is 5.69 Å². The maximum atomic E-state index is 14.0. The summed E-state index contributed by atoms with van der Waals surface area (Å²) >= 11 is 0. The lowest BCUT2D eigenvalue weighted by Crippen LogP contribution is -2.08. The molecular formula is C17H2F10N2O2. The lowest BCUT2D eigenvalue weighted by atomic mass is 10.0. The van der Waals surface area contributed by atoms with Crippen molar-refractivity contribution in [2.24, 2.45) is 0 Å². The summed E-state index contributed by atoms with van der Waals surface area (Å²) in [6, 6.07) is 0.349. The molecule has 2 aromatic carbocycles. The number of nitro groups is 1. The molecule has 0 fully saturated rings. The van der Waals surface area contributed by atoms with E-state index in [2.05, 4.69) is 4.98 Å². The van der Waals surface area contributed by atoms with Crippen LogP contribution in [0, 0.1) is 68.3 Å². The monoisotopic (exact) mass is 456 g/mol. The summed E-state index contributed by atoms with van der Waals surface area (Å²) in [6.07, 6.45) is 0. The van der Waals surface area contributed by atoms with E-state index in [-0.39, 0.29) is 12.1 Å². The zero-order chi connectivity index (χ0) is 23.4. The minimum Gasteiger partial charge on any atom is -0.258 e. The maximum Gasteiger partial charge on any atom is 0.273 e. The van der Waals surface area contributed by atoms with Crippen molar-refractivity contribution in [1.29, 1.82) is 0 Å². The molecule has 0 bridgehead atoms. The molecule has 162 valence electrons. The highest BCUT2D eigenvalue weighted by Crippen LogP contribution is 2.36. The van der Waals surface area contributed by atoms with Crippen LogP contribution in [0.2, 0.25) is 0 Å². The molecule has 0 amide bonds. The van der Waals surface area contributed by atoms with Gasteiger partial charge in [-0.05, 0) is 0 Å². The number of nitrogens with zero attached hydrogens (tertiary/aromatic N) is 2. The standard InChI is InChI=1S/C17H2F10N2O2/c18-8-6(9(19)13(23)16(26)12(8)22)4-1-3(29(30)31)2-5(28-4)7-10(20)14(24)17(27)15(25)11(7)21/h1-2H. The second kappa shape index (κ2) is 7.52. The molecule has 1 heterocycles. The van der Waals surface area contributed by atoms with Gasteiger partial charge < -0.3 is 0 Å². The number of hydrogen-bond acceptors (Lipinski definition) is 3. The highest BCUT2D eigenvalue weighted by Gasteiger charge is 2.31. The quantitative estimate of drug-likeness (QED) is 0.167. The van der Waals surface area contributed by atoms with Crippen LogP contribution in [-0.4, -0.2) is 9.91 Å². The molecular weight excluding hydrogens is 454 g/mol. The molecule has 3 aromatic rings. The topological polar surface area (TPSA) is 56.0 Å². The third kappa shape index (κ3) is 3.33. The van der Waals surface area contributed by atoms with Crippen LogP contribution in [0.4, 0.5) is 49.6 Å². The molecule has 0 radical (unpaired) electrons. The Labute approximate surface area is 163 Å². The van der Waals surface area contributed by atoms with Gasteiger partial charge >= 0.3 is 0 Å². The third-order valence-electron chi connectivity index (χ3n) is 3.95. The predicted molar refractivity (Wildman–Crippen MR) is 81.3 cm³/mol. The Morgan fingerprint density at radius 3 is 1.06 bits per heavy atom. The minimum atomic E-state index is -2.58. The molecule has 31 heavy (non-hydrogen) atoms. The number of aromatic nitrogens is 1. The highest BCUT2D eigenvalue weighted by molar-refractivity contribution is 5.71. The first-order valence-electron chi connectivity index (χ1n) is 7.58. The van der Waals surface area contributed by atoms with Gasteiger partial charge in [0.1, 0.15) is 0 Å². The number of pyridine rings is 1. The average molecular weight is 456 g/mol. The van der Waals surface area contributed by atoms with E-state index >= 15 is 0 Å². The molecule has 0 unspecified atom stereocenters. The SMILES string of the molecule is O=[N+]([O-])c1cc(-c2c(F)c(F)c(F)c(F)c2F)nc(-c2c(F)c(F)c(F)c(F)c2F)c1. The Hall–Kier alpha value is -3.71. The van der Waals surface area contributed by atoms with Gasteiger partial charge in [-0.2, -0.15) is 0 Å². The summed E-state index contributed by atoms with van der Waals surface area (Å²) in [5.41, 5.74) is -7.73. The van der Waals surface area contributed by atoms with Gasteiger partial charge in [0, 0.05) is 12.1 Å². The molecule has 14 heteroatoms. The lowest BCUT2D eigenvalue weighted by Gasteiger charge is -2.11. The van der Waals surface area contributed by atoms with Gasteiger partial charge in [0.2, 0.25) is 11.6 Å². The molecule has 0 aliphatic carbocycles. The van der Waals surface area contributed by atoms with Crippen molar-refractivity contribution in [3.05, 3.63) is 80.4 Å². The fourth-order valence-corrected chi connectivity index (χ4v) is 2.54. The van der Waals surface area contributed by atoms with Crippen LogP contribution in [0.25, 0.3) is 22.5 Å². The van der Waals surface area contributed by atoms with E-state index in [0.29, 0.717) is 0 Å². The van der Waals surface area contributed by atoms with Crippen molar-refractivity contribution < 1.29 is 48.8 Å². The van der Waals surface area contributed by atoms with E-state index in [1.165, 1.54) is 0 Å². The summed E-state index contributed by atoms with van der Waals surface area (Å²) in [5.74, 6) is -25.1. The van der Waals surface area contributed by atoms with Crippen molar-refractivity contribution in [1.82, 2.24) is 4.98 Å². The Morgan fingerprint density at radius 1 is 0.548 bits per heavy atom. The summed E-state index contributed by atoms with van der Waals surface area (Å²) in [4.78, 5) is 12.9. The van der Waals surface area contributed by atoms with Crippen molar-refractivity contribution in [2.75, 3.05) is 0 Å². The predicted octanol–water partition coefficient (Wildman–Crippen LogP) is 5.71. The number of hydrogen-bond donors (Lipinski definition) is 0. The third-order valence-corrected chi connectivity index (χ3v) is 3.95. The first-order chi connectivity index (χ1) is 14.4. The van der Waals surface area contributed by atoms with E-state index in [0.717, 1.165) is 0 Å². The van der Waals surface area contributed by atoms with E-state index in [1.807, 2.05) is 0 Å². The van der Waals surface area contributed by atoms with E-state index in [9.17, 15) is 54.0 Å². The van der Waals surface area contributed by atoms with E-state index in [1.54, 1.807) is 0 Å². The van der Waals surface area contributed by atoms with E-state index < -0.39 is 91.3 Å². The average Bonchev–Trinajstić information content (AvgIpc) is 2.73. The molecule has 0 atom stereocenters. The first kappa shape index (κ1) is 22.0. The largest absolute Gasteiger partial charge is 0.273 e. The van der Waals surface area contributed by atoms with Crippen molar-refractivity contribution in [3.63, 3.8) is 0 Å². The Bertz CT molecular complexity index is 1130. The molecule has 0 aliphatic heterocycles. The van der Waals surface area contributed by atoms with Crippen LogP contribution in [-0.2, 0) is 0 Å². The van der Waals surface area contributed by atoms with Gasteiger partial charge in [-0.3, -0.25) is 10.1 Å². The summed E-state index contributed by atoms with van der Waals surface area (Å²) in [6.45, 7) is 0. The van der Waals surface area contributed by atoms with Crippen molar-refractivity contribution >= 4 is 5.69 Å². The Morgan fingerprint density at radius 2 is 0.806 bits per heavy atom. The molecule has 0 saturated heterocycles. The smallest absolute Gasteiger partial charge is 0.258 e. The number of rotatable bonds is 3. The Balaban J connectivity index is 2.45. The molecule has 0 aliphatic rings. The Kier molecular flexibility index (Phi) is 5.33. The molecule has 4 nitrogen and oxygen atoms in total. The van der Waals surface area contributed by atoms with Gasteiger partial charge in [-0.1, -0.05) is 0 Å². The second-order valence-corrected chi connectivity index (χ2v) is 5.74. The van der Waals surface area contributed by atoms with Crippen molar-refractivity contribution in [2.45, 2.75) is 0 Å². The van der Waals surface area contributed by atoms with Gasteiger partial charge in [0.15, 0.2) is 46.5 Å². The van der Waals surface area contributed by atoms with Crippen LogP contribution in [0.1, 0.15) is 0 Å². The highest BCUT2D eigenvalue weighted by atomic mass is 19.2. The zero-order valence-corrected chi connectivity index (χ0v) is 14.1. The minimum absolute atomic E-state index is 0.174. The van der Waals surface area contributed by atoms with E-state index in [4.69, 9.17) is 0 Å². The van der Waals surface area contributed by atoms with Crippen LogP contribution in [0.3, 0.4) is 0 Å². The van der Waals surface area contributed by atoms with Gasteiger partial charge in [0.05, 0.1) is 27.4 Å². The second-order valence-electron chi connectivity index (χ2n) is 5.74. The van der Waals surface area contributed by atoms with Crippen LogP contribution in [0.5, 0.6) is 0 Å². The van der Waals surface area contributed by atoms with Gasteiger partial charge in [-0.25, -0.2) is 48.9 Å². The summed E-state index contributed by atoms with van der Waals surface area (Å²) < 4.78 is 136. The van der Waals surface area contributed by atoms with Crippen LogP contribution in [0.15, 0.2) is 12.1 Å². The normalized spacial score (nSPS) is 11.2. The summed E-state index contributed by atoms with van der Waals surface area (Å²) in [7, 11) is 0. The number of benzene rings is 2. The zero-order valence-electron chi connectivity index (χ0n) is 14.1. The molecule has 0 spiro atoms. The maximum absolute atomic E-state index is 14.0. The van der Waals surface area contributed by atoms with Crippen molar-refractivity contribution in [3.8, 4) is 22.5 Å². The van der Waals surface area contributed by atoms with Crippen LogP contribution >= 0.6 is 0 Å². The molecule has 0 saturated carbocycles. The first-order valence-corrected chi connectivity index (χ1v) is 7.58. The molecule has 1 aromatic heterocycles. The lowest BCUT2D eigenvalue weighted by molar-refractivity contribution is -0.384. The number of halogens is 10. The fraction of sp³-hybridized carbons (Fsp3) is 0. The molecule has 3 rings (SSSR count). The fourth-order valence-electron chi connectivity index (χ4n) is 2.54. The van der Waals surface area contributed by atoms with Gasteiger partial charge in [-0.15, -0.1) is 0 Å². The summed E-state index contributed by atoms with van der Waals surface area (Å²) in [5, 5.41) is 11.1. The van der Waals surface area contributed by atoms with Crippen LogP contribution < -0.4 is 0 Å². The molecule has 0 N–H and O–H groups in total.